The molecule has 0 amide bonds. The van der Waals surface area contributed by atoms with Gasteiger partial charge in [-0.25, -0.2) is 8.42 Å². The average Bonchev–Trinajstić information content (AvgIpc) is 2.70. The number of sulfonamides is 1. The summed E-state index contributed by atoms with van der Waals surface area (Å²) in [6.07, 6.45) is -0.223. The van der Waals surface area contributed by atoms with E-state index < -0.39 is 10.0 Å². The number of nitrogens with zero attached hydrogens (tertiary/aromatic N) is 1. The van der Waals surface area contributed by atoms with Gasteiger partial charge in [0.15, 0.2) is 0 Å². The molecule has 1 aliphatic heterocycles. The lowest BCUT2D eigenvalue weighted by Crippen LogP contribution is -2.45. The van der Waals surface area contributed by atoms with E-state index >= 15 is 0 Å². The van der Waals surface area contributed by atoms with E-state index in [1.165, 1.54) is 15.6 Å². The Labute approximate surface area is 124 Å². The molecule has 1 fully saturated rings. The summed E-state index contributed by atoms with van der Waals surface area (Å²) in [5, 5.41) is 0. The van der Waals surface area contributed by atoms with Crippen LogP contribution in [0, 0.1) is 6.92 Å². The van der Waals surface area contributed by atoms with Crippen molar-refractivity contribution in [2.75, 3.05) is 25.6 Å². The number of thiophene rings is 1. The summed E-state index contributed by atoms with van der Waals surface area (Å²) in [4.78, 5) is 0. The number of aryl methyl sites for hydroxylation is 1. The first-order valence-corrected chi connectivity index (χ1v) is 8.97. The Balaban J connectivity index is 2.25. The number of hydrogen-bond acceptors (Lipinski definition) is 4. The van der Waals surface area contributed by atoms with Crippen molar-refractivity contribution >= 4 is 48.9 Å². The molecule has 0 bridgehead atoms. The van der Waals surface area contributed by atoms with E-state index in [4.69, 9.17) is 16.3 Å². The normalized spacial score (nSPS) is 22.3. The molecule has 0 aromatic carbocycles. The maximum atomic E-state index is 12.4. The van der Waals surface area contributed by atoms with E-state index in [-0.39, 0.29) is 6.10 Å². The van der Waals surface area contributed by atoms with Gasteiger partial charge in [0.25, 0.3) is 10.0 Å². The third-order valence-corrected chi connectivity index (χ3v) is 7.50. The molecule has 0 radical (unpaired) electrons. The number of ether oxygens (including phenoxy) is 1. The SMILES string of the molecule is Cc1cc(S(=O)(=O)N2CCOC(CCl)C2)sc1Br. The predicted molar refractivity (Wildman–Crippen MR) is 76.0 cm³/mol. The van der Waals surface area contributed by atoms with Gasteiger partial charge in [0.2, 0.25) is 0 Å². The fraction of sp³-hybridized carbons (Fsp3) is 0.600. The first-order chi connectivity index (χ1) is 8.45. The lowest BCUT2D eigenvalue weighted by molar-refractivity contribution is 0.0123. The first kappa shape index (κ1) is 14.7. The van der Waals surface area contributed by atoms with Gasteiger partial charge in [0.1, 0.15) is 4.21 Å². The smallest absolute Gasteiger partial charge is 0.252 e. The Bertz CT molecular complexity index is 512. The molecule has 1 aromatic rings. The lowest BCUT2D eigenvalue weighted by atomic mass is 10.3. The van der Waals surface area contributed by atoms with E-state index in [9.17, 15) is 8.42 Å². The molecule has 1 saturated heterocycles. The zero-order valence-electron chi connectivity index (χ0n) is 9.73. The molecule has 4 nitrogen and oxygen atoms in total. The van der Waals surface area contributed by atoms with Crippen molar-refractivity contribution < 1.29 is 13.2 Å². The quantitative estimate of drug-likeness (QED) is 0.764. The molecule has 0 N–H and O–H groups in total. The highest BCUT2D eigenvalue weighted by molar-refractivity contribution is 9.11. The van der Waals surface area contributed by atoms with Crippen LogP contribution < -0.4 is 0 Å². The van der Waals surface area contributed by atoms with Crippen molar-refractivity contribution in [1.82, 2.24) is 4.31 Å². The Morgan fingerprint density at radius 1 is 1.67 bits per heavy atom. The van der Waals surface area contributed by atoms with Crippen LogP contribution in [0.1, 0.15) is 5.56 Å². The van der Waals surface area contributed by atoms with Crippen LogP contribution in [0.15, 0.2) is 14.1 Å². The molecule has 102 valence electrons. The zero-order valence-corrected chi connectivity index (χ0v) is 13.7. The molecule has 2 heterocycles. The van der Waals surface area contributed by atoms with Gasteiger partial charge in [-0.15, -0.1) is 22.9 Å². The molecule has 8 heteroatoms. The fourth-order valence-corrected chi connectivity index (χ4v) is 5.71. The van der Waals surface area contributed by atoms with Crippen LogP contribution >= 0.6 is 38.9 Å². The summed E-state index contributed by atoms with van der Waals surface area (Å²) in [6.45, 7) is 2.97. The minimum Gasteiger partial charge on any atom is -0.374 e. The third-order valence-electron chi connectivity index (χ3n) is 2.70. The van der Waals surface area contributed by atoms with Gasteiger partial charge in [0.05, 0.1) is 16.5 Å². The van der Waals surface area contributed by atoms with Crippen molar-refractivity contribution in [3.8, 4) is 0 Å². The first-order valence-electron chi connectivity index (χ1n) is 5.39. The van der Waals surface area contributed by atoms with Crippen LogP contribution in [-0.2, 0) is 14.8 Å². The molecule has 1 aliphatic rings. The van der Waals surface area contributed by atoms with Crippen molar-refractivity contribution in [3.05, 3.63) is 15.4 Å². The summed E-state index contributed by atoms with van der Waals surface area (Å²) in [7, 11) is -3.42. The largest absolute Gasteiger partial charge is 0.374 e. The van der Waals surface area contributed by atoms with Crippen molar-refractivity contribution in [1.29, 1.82) is 0 Å². The molecule has 2 rings (SSSR count). The molecule has 0 saturated carbocycles. The van der Waals surface area contributed by atoms with Crippen molar-refractivity contribution in [2.24, 2.45) is 0 Å². The van der Waals surface area contributed by atoms with Crippen molar-refractivity contribution in [3.63, 3.8) is 0 Å². The maximum Gasteiger partial charge on any atom is 0.252 e. The van der Waals surface area contributed by atoms with Crippen molar-refractivity contribution in [2.45, 2.75) is 17.2 Å². The Morgan fingerprint density at radius 3 is 2.94 bits per heavy atom. The summed E-state index contributed by atoms with van der Waals surface area (Å²) < 4.78 is 32.9. The average molecular weight is 375 g/mol. The van der Waals surface area contributed by atoms with Gasteiger partial charge in [-0.05, 0) is 34.5 Å². The number of hydrogen-bond donors (Lipinski definition) is 0. The van der Waals surface area contributed by atoms with Gasteiger partial charge >= 0.3 is 0 Å². The van der Waals surface area contributed by atoms with Gasteiger partial charge in [0, 0.05) is 19.0 Å². The van der Waals surface area contributed by atoms with Gasteiger partial charge in [-0.3, -0.25) is 0 Å². The van der Waals surface area contributed by atoms with Crippen LogP contribution in [-0.4, -0.2) is 44.4 Å². The molecular weight excluding hydrogens is 362 g/mol. The highest BCUT2D eigenvalue weighted by Crippen LogP contribution is 2.32. The molecule has 1 aromatic heterocycles. The summed E-state index contributed by atoms with van der Waals surface area (Å²) in [5.41, 5.74) is 0.931. The monoisotopic (exact) mass is 373 g/mol. The van der Waals surface area contributed by atoms with E-state index in [2.05, 4.69) is 15.9 Å². The van der Waals surface area contributed by atoms with Crippen LogP contribution in [0.25, 0.3) is 0 Å². The highest BCUT2D eigenvalue weighted by atomic mass is 79.9. The molecule has 0 aliphatic carbocycles. The number of halogens is 2. The van der Waals surface area contributed by atoms with Gasteiger partial charge < -0.3 is 4.74 Å². The zero-order chi connectivity index (χ0) is 13.3. The minimum absolute atomic E-state index is 0.223. The second-order valence-electron chi connectivity index (χ2n) is 4.03. The van der Waals surface area contributed by atoms with Crippen LogP contribution in [0.2, 0.25) is 0 Å². The fourth-order valence-electron chi connectivity index (χ4n) is 1.69. The van der Waals surface area contributed by atoms with E-state index in [0.717, 1.165) is 9.35 Å². The number of morpholine rings is 1. The van der Waals surface area contributed by atoms with E-state index in [0.29, 0.717) is 29.8 Å². The molecule has 1 unspecified atom stereocenters. The second-order valence-corrected chi connectivity index (χ2v) is 8.88. The molecule has 1 atom stereocenters. The van der Waals surface area contributed by atoms with Gasteiger partial charge in [-0.2, -0.15) is 4.31 Å². The Hall–Kier alpha value is 0.340. The molecular formula is C10H13BrClNO3S2. The minimum atomic E-state index is -3.42. The Morgan fingerprint density at radius 2 is 2.39 bits per heavy atom. The summed E-state index contributed by atoms with van der Waals surface area (Å²) in [6, 6.07) is 1.69. The highest BCUT2D eigenvalue weighted by Gasteiger charge is 2.31. The second kappa shape index (κ2) is 5.76. The number of alkyl halides is 1. The van der Waals surface area contributed by atoms with Crippen LogP contribution in [0.4, 0.5) is 0 Å². The Kier molecular flexibility index (Phi) is 4.72. The summed E-state index contributed by atoms with van der Waals surface area (Å²) in [5.74, 6) is 0.305. The topological polar surface area (TPSA) is 46.6 Å². The van der Waals surface area contributed by atoms with Gasteiger partial charge in [-0.1, -0.05) is 0 Å². The molecule has 0 spiro atoms. The third kappa shape index (κ3) is 2.91. The summed E-state index contributed by atoms with van der Waals surface area (Å²) >= 11 is 10.3. The van der Waals surface area contributed by atoms with Crippen LogP contribution in [0.3, 0.4) is 0 Å². The van der Waals surface area contributed by atoms with E-state index in [1.54, 1.807) is 6.07 Å². The van der Waals surface area contributed by atoms with E-state index in [1.807, 2.05) is 6.92 Å². The number of rotatable bonds is 3. The molecule has 18 heavy (non-hydrogen) atoms. The van der Waals surface area contributed by atoms with Crippen LogP contribution in [0.5, 0.6) is 0 Å². The lowest BCUT2D eigenvalue weighted by Gasteiger charge is -2.30. The standard InChI is InChI=1S/C10H13BrClNO3S2/c1-7-4-9(17-10(7)11)18(14,15)13-2-3-16-8(5-12)6-13/h4,8H,2-3,5-6H2,1H3. The maximum absolute atomic E-state index is 12.4. The predicted octanol–water partition coefficient (Wildman–Crippen LogP) is 2.45.